The van der Waals surface area contributed by atoms with Crippen LogP contribution in [0, 0.1) is 0 Å². The Morgan fingerprint density at radius 3 is 2.61 bits per heavy atom. The first-order chi connectivity index (χ1) is 8.37. The van der Waals surface area contributed by atoms with Crippen LogP contribution in [-0.2, 0) is 0 Å². The fraction of sp³-hybridized carbons (Fsp3) is 0.231. The van der Waals surface area contributed by atoms with Crippen LogP contribution in [0.4, 0.5) is 0 Å². The molecule has 0 heterocycles. The van der Waals surface area contributed by atoms with Gasteiger partial charge in [0.25, 0.3) is 0 Å². The molecule has 2 nitrogen and oxygen atoms in total. The smallest absolute Gasteiger partial charge is 0.248 e. The number of aliphatic hydroxyl groups is 1. The molecule has 0 saturated carbocycles. The Morgan fingerprint density at radius 1 is 1.28 bits per heavy atom. The second-order valence-corrected chi connectivity index (χ2v) is 5.97. The third-order valence-corrected chi connectivity index (χ3v) is 4.53. The van der Waals surface area contributed by atoms with Gasteiger partial charge in [-0.25, -0.2) is 0 Å². The molecule has 2 rings (SSSR count). The first-order valence-electron chi connectivity index (χ1n) is 5.27. The van der Waals surface area contributed by atoms with Crippen molar-refractivity contribution in [2.24, 2.45) is 0 Å². The molecule has 2 unspecified atom stereocenters. The van der Waals surface area contributed by atoms with Crippen molar-refractivity contribution in [1.29, 1.82) is 0 Å². The number of halogens is 3. The van der Waals surface area contributed by atoms with E-state index in [1.165, 1.54) is 6.08 Å². The van der Waals surface area contributed by atoms with Crippen LogP contribution < -0.4 is 4.74 Å². The van der Waals surface area contributed by atoms with Gasteiger partial charge in [0.05, 0.1) is 4.47 Å². The van der Waals surface area contributed by atoms with Crippen molar-refractivity contribution >= 4 is 39.1 Å². The zero-order valence-electron chi connectivity index (χ0n) is 9.53. The highest BCUT2D eigenvalue weighted by Gasteiger charge is 2.51. The Morgan fingerprint density at radius 2 is 1.94 bits per heavy atom. The molecule has 1 aliphatic carbocycles. The van der Waals surface area contributed by atoms with Gasteiger partial charge in [-0.3, -0.25) is 0 Å². The third-order valence-electron chi connectivity index (χ3n) is 2.73. The monoisotopic (exact) mass is 348 g/mol. The minimum atomic E-state index is -1.79. The zero-order chi connectivity index (χ0) is 13.4. The lowest BCUT2D eigenvalue weighted by molar-refractivity contribution is 0.0259. The second kappa shape index (κ2) is 4.89. The largest absolute Gasteiger partial charge is 0.462 e. The molecule has 0 fully saturated rings. The number of ether oxygens (including phenoxy) is 1. The molecular weight excluding hydrogens is 339 g/mol. The summed E-state index contributed by atoms with van der Waals surface area (Å²) < 4.78 is 6.40. The number of allylic oxidation sites excluding steroid dienone is 2. The summed E-state index contributed by atoms with van der Waals surface area (Å²) in [7, 11) is 0. The van der Waals surface area contributed by atoms with Crippen molar-refractivity contribution in [3.8, 4) is 5.75 Å². The summed E-state index contributed by atoms with van der Waals surface area (Å²) >= 11 is 15.8. The van der Waals surface area contributed by atoms with Crippen molar-refractivity contribution in [1.82, 2.24) is 0 Å². The second-order valence-electron chi connectivity index (χ2n) is 4.01. The van der Waals surface area contributed by atoms with E-state index < -0.39 is 10.1 Å². The van der Waals surface area contributed by atoms with Crippen LogP contribution in [0.2, 0.25) is 0 Å². The SMILES string of the molecule is CC1=CC=CC(Cl)(Oc2ccccc2Br)C1(O)Cl. The number of benzene rings is 1. The molecule has 0 saturated heterocycles. The summed E-state index contributed by atoms with van der Waals surface area (Å²) in [5, 5.41) is 6.95. The topological polar surface area (TPSA) is 29.5 Å². The van der Waals surface area contributed by atoms with Gasteiger partial charge in [-0.15, -0.1) is 0 Å². The fourth-order valence-electron chi connectivity index (χ4n) is 1.60. The molecule has 0 amide bonds. The van der Waals surface area contributed by atoms with E-state index in [-0.39, 0.29) is 0 Å². The molecule has 0 bridgehead atoms. The van der Waals surface area contributed by atoms with E-state index >= 15 is 0 Å². The number of hydrogen-bond donors (Lipinski definition) is 1. The summed E-state index contributed by atoms with van der Waals surface area (Å²) in [4.78, 5) is 0. The van der Waals surface area contributed by atoms with Crippen LogP contribution in [0.15, 0.2) is 52.5 Å². The van der Waals surface area contributed by atoms with Gasteiger partial charge in [0, 0.05) is 0 Å². The maximum atomic E-state index is 10.3. The van der Waals surface area contributed by atoms with Gasteiger partial charge in [-0.05, 0) is 46.6 Å². The quantitative estimate of drug-likeness (QED) is 0.810. The highest BCUT2D eigenvalue weighted by atomic mass is 79.9. The standard InChI is InChI=1S/C13H11BrCl2O2/c1-9-5-4-8-12(15,13(9,16)17)18-11-7-3-2-6-10(11)14/h2-8,17H,1H3. The molecule has 0 spiro atoms. The maximum absolute atomic E-state index is 10.3. The molecule has 0 radical (unpaired) electrons. The molecule has 0 aliphatic heterocycles. The number of rotatable bonds is 2. The lowest BCUT2D eigenvalue weighted by Gasteiger charge is -2.38. The molecule has 2 atom stereocenters. The van der Waals surface area contributed by atoms with E-state index in [0.29, 0.717) is 11.3 Å². The number of para-hydroxylation sites is 1. The van der Waals surface area contributed by atoms with Crippen LogP contribution in [0.25, 0.3) is 0 Å². The molecule has 0 aromatic heterocycles. The van der Waals surface area contributed by atoms with Crippen LogP contribution in [-0.4, -0.2) is 15.2 Å². The molecule has 5 heteroatoms. The Bertz CT molecular complexity index is 525. The Labute approximate surface area is 124 Å². The van der Waals surface area contributed by atoms with Crippen molar-refractivity contribution in [2.45, 2.75) is 17.0 Å². The number of hydrogen-bond acceptors (Lipinski definition) is 2. The molecule has 96 valence electrons. The van der Waals surface area contributed by atoms with E-state index in [1.54, 1.807) is 25.1 Å². The molecule has 1 aromatic rings. The van der Waals surface area contributed by atoms with E-state index in [4.69, 9.17) is 27.9 Å². The summed E-state index contributed by atoms with van der Waals surface area (Å²) in [6.07, 6.45) is 4.92. The molecule has 1 N–H and O–H groups in total. The summed E-state index contributed by atoms with van der Waals surface area (Å²) in [6.45, 7) is 1.69. The van der Waals surface area contributed by atoms with Crippen LogP contribution in [0.3, 0.4) is 0 Å². The van der Waals surface area contributed by atoms with Crippen LogP contribution in [0.1, 0.15) is 6.92 Å². The minimum absolute atomic E-state index is 0.505. The lowest BCUT2D eigenvalue weighted by Crippen LogP contribution is -2.50. The van der Waals surface area contributed by atoms with Gasteiger partial charge in [0.2, 0.25) is 10.1 Å². The average molecular weight is 350 g/mol. The van der Waals surface area contributed by atoms with Crippen LogP contribution in [0.5, 0.6) is 5.75 Å². The van der Waals surface area contributed by atoms with Crippen molar-refractivity contribution in [3.05, 3.63) is 52.5 Å². The van der Waals surface area contributed by atoms with Gasteiger partial charge >= 0.3 is 0 Å². The predicted octanol–water partition coefficient (Wildman–Crippen LogP) is 4.21. The normalized spacial score (nSPS) is 31.1. The fourth-order valence-corrected chi connectivity index (χ4v) is 2.43. The highest BCUT2D eigenvalue weighted by Crippen LogP contribution is 2.44. The van der Waals surface area contributed by atoms with Gasteiger partial charge in [-0.2, -0.15) is 0 Å². The highest BCUT2D eigenvalue weighted by molar-refractivity contribution is 9.10. The molecule has 18 heavy (non-hydrogen) atoms. The zero-order valence-corrected chi connectivity index (χ0v) is 12.6. The Balaban J connectivity index is 2.37. The van der Waals surface area contributed by atoms with Crippen molar-refractivity contribution in [2.75, 3.05) is 0 Å². The molecule has 1 aromatic carbocycles. The predicted molar refractivity (Wildman–Crippen MR) is 77.1 cm³/mol. The number of alkyl halides is 2. The van der Waals surface area contributed by atoms with Gasteiger partial charge < -0.3 is 9.84 Å². The maximum Gasteiger partial charge on any atom is 0.248 e. The van der Waals surface area contributed by atoms with E-state index in [2.05, 4.69) is 15.9 Å². The van der Waals surface area contributed by atoms with Gasteiger partial charge in [0.1, 0.15) is 5.75 Å². The van der Waals surface area contributed by atoms with Crippen LogP contribution >= 0.6 is 39.1 Å². The molecular formula is C13H11BrCl2O2. The average Bonchev–Trinajstić information content (AvgIpc) is 2.30. The van der Waals surface area contributed by atoms with E-state index in [1.807, 2.05) is 18.2 Å². The summed E-state index contributed by atoms with van der Waals surface area (Å²) in [5.41, 5.74) is 0.522. The first kappa shape index (κ1) is 13.9. The van der Waals surface area contributed by atoms with Gasteiger partial charge in [-0.1, -0.05) is 47.5 Å². The molecule has 1 aliphatic rings. The van der Waals surface area contributed by atoms with E-state index in [0.717, 1.165) is 4.47 Å². The summed E-state index contributed by atoms with van der Waals surface area (Å²) in [6, 6.07) is 7.22. The van der Waals surface area contributed by atoms with Crippen molar-refractivity contribution in [3.63, 3.8) is 0 Å². The van der Waals surface area contributed by atoms with Crippen molar-refractivity contribution < 1.29 is 9.84 Å². The summed E-state index contributed by atoms with van der Waals surface area (Å²) in [5.74, 6) is 0.505. The van der Waals surface area contributed by atoms with E-state index in [9.17, 15) is 5.11 Å². The minimum Gasteiger partial charge on any atom is -0.462 e. The lowest BCUT2D eigenvalue weighted by atomic mass is 9.99. The first-order valence-corrected chi connectivity index (χ1v) is 6.82. The third kappa shape index (κ3) is 2.32. The van der Waals surface area contributed by atoms with Gasteiger partial charge in [0.15, 0.2) is 0 Å². The Hall–Kier alpha value is -0.480. The Kier molecular flexibility index (Phi) is 3.79.